The molecule has 13 heavy (non-hydrogen) atoms. The average Bonchev–Trinajstić information content (AvgIpc) is 2.46. The maximum absolute atomic E-state index is 4.45. The fourth-order valence-corrected chi connectivity index (χ4v) is 1.44. The Bertz CT molecular complexity index is 427. The van der Waals surface area contributed by atoms with Crippen molar-refractivity contribution in [2.75, 3.05) is 0 Å². The minimum Gasteiger partial charge on any atom is -0.357 e. The van der Waals surface area contributed by atoms with E-state index in [0.29, 0.717) is 5.92 Å². The van der Waals surface area contributed by atoms with Crippen molar-refractivity contribution in [2.45, 2.75) is 26.7 Å². The second kappa shape index (κ2) is 2.87. The van der Waals surface area contributed by atoms with Crippen LogP contribution in [0, 0.1) is 6.92 Å². The molecule has 0 aliphatic carbocycles. The summed E-state index contributed by atoms with van der Waals surface area (Å²) in [6, 6.07) is 6.25. The molecule has 0 spiro atoms. The van der Waals surface area contributed by atoms with Gasteiger partial charge in [0.2, 0.25) is 0 Å². The van der Waals surface area contributed by atoms with Gasteiger partial charge in [0.15, 0.2) is 0 Å². The van der Waals surface area contributed by atoms with E-state index in [0.717, 1.165) is 16.7 Å². The van der Waals surface area contributed by atoms with Gasteiger partial charge in [0, 0.05) is 11.4 Å². The van der Waals surface area contributed by atoms with Crippen LogP contribution in [0.4, 0.5) is 0 Å². The number of H-pyrrole nitrogens is 1. The molecule has 2 aromatic rings. The Morgan fingerprint density at radius 1 is 1.31 bits per heavy atom. The summed E-state index contributed by atoms with van der Waals surface area (Å²) in [5.74, 6) is 0.537. The number of aromatic nitrogens is 2. The van der Waals surface area contributed by atoms with Gasteiger partial charge in [-0.05, 0) is 31.0 Å². The van der Waals surface area contributed by atoms with Crippen molar-refractivity contribution in [3.8, 4) is 0 Å². The van der Waals surface area contributed by atoms with E-state index in [1.165, 1.54) is 5.69 Å². The van der Waals surface area contributed by atoms with Gasteiger partial charge < -0.3 is 4.98 Å². The zero-order chi connectivity index (χ0) is 9.42. The molecule has 0 atom stereocenters. The van der Waals surface area contributed by atoms with E-state index in [-0.39, 0.29) is 0 Å². The second-order valence-corrected chi connectivity index (χ2v) is 3.76. The van der Waals surface area contributed by atoms with Crippen molar-refractivity contribution in [2.24, 2.45) is 0 Å². The van der Waals surface area contributed by atoms with E-state index in [9.17, 15) is 0 Å². The first kappa shape index (κ1) is 8.30. The summed E-state index contributed by atoms with van der Waals surface area (Å²) in [5, 5.41) is 0. The lowest BCUT2D eigenvalue weighted by Gasteiger charge is -1.97. The lowest BCUT2D eigenvalue weighted by Crippen LogP contribution is -1.84. The SMILES string of the molecule is Cc1ccc2[nH]c(C(C)C)cc2n1. The minimum atomic E-state index is 0.537. The van der Waals surface area contributed by atoms with Crippen LogP contribution in [0.15, 0.2) is 18.2 Å². The van der Waals surface area contributed by atoms with E-state index in [1.54, 1.807) is 0 Å². The monoisotopic (exact) mass is 174 g/mol. The van der Waals surface area contributed by atoms with E-state index in [4.69, 9.17) is 0 Å². The number of hydrogen-bond donors (Lipinski definition) is 1. The standard InChI is InChI=1S/C11H14N2/c1-7(2)10-6-11-9(13-10)5-4-8(3)12-11/h4-7,13H,1-3H3. The Morgan fingerprint density at radius 3 is 2.77 bits per heavy atom. The molecule has 0 aliphatic heterocycles. The van der Waals surface area contributed by atoms with Crippen molar-refractivity contribution in [1.29, 1.82) is 0 Å². The van der Waals surface area contributed by atoms with Crippen molar-refractivity contribution < 1.29 is 0 Å². The van der Waals surface area contributed by atoms with Crippen LogP contribution in [0.2, 0.25) is 0 Å². The fourth-order valence-electron chi connectivity index (χ4n) is 1.44. The Hall–Kier alpha value is -1.31. The molecular weight excluding hydrogens is 160 g/mol. The lowest BCUT2D eigenvalue weighted by atomic mass is 10.1. The molecule has 0 amide bonds. The molecule has 2 aromatic heterocycles. The predicted octanol–water partition coefficient (Wildman–Crippen LogP) is 2.99. The molecule has 0 saturated carbocycles. The Labute approximate surface area is 78.0 Å². The van der Waals surface area contributed by atoms with Crippen molar-refractivity contribution in [3.63, 3.8) is 0 Å². The van der Waals surface area contributed by atoms with Gasteiger partial charge in [-0.3, -0.25) is 4.98 Å². The Morgan fingerprint density at radius 2 is 2.08 bits per heavy atom. The molecule has 0 aliphatic rings. The molecule has 0 radical (unpaired) electrons. The number of nitrogens with zero attached hydrogens (tertiary/aromatic N) is 1. The van der Waals surface area contributed by atoms with E-state index in [1.807, 2.05) is 13.0 Å². The minimum absolute atomic E-state index is 0.537. The molecule has 68 valence electrons. The highest BCUT2D eigenvalue weighted by atomic mass is 14.8. The topological polar surface area (TPSA) is 28.7 Å². The molecule has 0 unspecified atom stereocenters. The van der Waals surface area contributed by atoms with Crippen LogP contribution in [-0.2, 0) is 0 Å². The van der Waals surface area contributed by atoms with Gasteiger partial charge in [-0.25, -0.2) is 0 Å². The molecule has 2 heterocycles. The number of aromatic amines is 1. The first-order valence-corrected chi connectivity index (χ1v) is 4.63. The van der Waals surface area contributed by atoms with Gasteiger partial charge in [-0.15, -0.1) is 0 Å². The van der Waals surface area contributed by atoms with Crippen LogP contribution < -0.4 is 0 Å². The summed E-state index contributed by atoms with van der Waals surface area (Å²) in [4.78, 5) is 7.81. The number of nitrogens with one attached hydrogen (secondary N) is 1. The van der Waals surface area contributed by atoms with Crippen molar-refractivity contribution >= 4 is 11.0 Å². The fraction of sp³-hybridized carbons (Fsp3) is 0.364. The third-order valence-corrected chi connectivity index (χ3v) is 2.26. The molecule has 0 bridgehead atoms. The first-order chi connectivity index (χ1) is 6.16. The average molecular weight is 174 g/mol. The number of pyridine rings is 1. The van der Waals surface area contributed by atoms with E-state index < -0.39 is 0 Å². The van der Waals surface area contributed by atoms with E-state index in [2.05, 4.69) is 35.9 Å². The van der Waals surface area contributed by atoms with Crippen LogP contribution in [0.25, 0.3) is 11.0 Å². The molecule has 1 N–H and O–H groups in total. The summed E-state index contributed by atoms with van der Waals surface area (Å²) in [7, 11) is 0. The van der Waals surface area contributed by atoms with Gasteiger partial charge in [-0.1, -0.05) is 13.8 Å². The lowest BCUT2D eigenvalue weighted by molar-refractivity contribution is 0.836. The van der Waals surface area contributed by atoms with Crippen molar-refractivity contribution in [3.05, 3.63) is 29.6 Å². The normalized spacial score (nSPS) is 11.4. The summed E-state index contributed by atoms with van der Waals surface area (Å²) in [6.07, 6.45) is 0. The summed E-state index contributed by atoms with van der Waals surface area (Å²) in [6.45, 7) is 6.37. The predicted molar refractivity (Wildman–Crippen MR) is 54.9 cm³/mol. The van der Waals surface area contributed by atoms with Gasteiger partial charge in [0.1, 0.15) is 0 Å². The van der Waals surface area contributed by atoms with Gasteiger partial charge >= 0.3 is 0 Å². The zero-order valence-electron chi connectivity index (χ0n) is 8.26. The van der Waals surface area contributed by atoms with Crippen LogP contribution in [0.1, 0.15) is 31.2 Å². The molecule has 2 heteroatoms. The summed E-state index contributed by atoms with van der Waals surface area (Å²) < 4.78 is 0. The van der Waals surface area contributed by atoms with E-state index >= 15 is 0 Å². The highest BCUT2D eigenvalue weighted by Gasteiger charge is 2.04. The van der Waals surface area contributed by atoms with Crippen LogP contribution in [0.3, 0.4) is 0 Å². The maximum atomic E-state index is 4.45. The Kier molecular flexibility index (Phi) is 1.83. The smallest absolute Gasteiger partial charge is 0.0884 e. The molecule has 2 nitrogen and oxygen atoms in total. The number of hydrogen-bond acceptors (Lipinski definition) is 1. The maximum Gasteiger partial charge on any atom is 0.0884 e. The summed E-state index contributed by atoms with van der Waals surface area (Å²) in [5.41, 5.74) is 4.54. The van der Waals surface area contributed by atoms with Crippen LogP contribution in [0.5, 0.6) is 0 Å². The highest BCUT2D eigenvalue weighted by molar-refractivity contribution is 5.76. The second-order valence-electron chi connectivity index (χ2n) is 3.76. The first-order valence-electron chi connectivity index (χ1n) is 4.63. The molecular formula is C11H14N2. The number of aryl methyl sites for hydroxylation is 1. The molecule has 2 rings (SSSR count). The highest BCUT2D eigenvalue weighted by Crippen LogP contribution is 2.19. The summed E-state index contributed by atoms with van der Waals surface area (Å²) >= 11 is 0. The van der Waals surface area contributed by atoms with Gasteiger partial charge in [0.25, 0.3) is 0 Å². The quantitative estimate of drug-likeness (QED) is 0.707. The molecule has 0 aromatic carbocycles. The van der Waals surface area contributed by atoms with Crippen molar-refractivity contribution in [1.82, 2.24) is 9.97 Å². The van der Waals surface area contributed by atoms with Gasteiger partial charge in [0.05, 0.1) is 11.0 Å². The Balaban J connectivity index is 2.62. The zero-order valence-corrected chi connectivity index (χ0v) is 8.26. The third kappa shape index (κ3) is 1.44. The number of rotatable bonds is 1. The molecule has 0 fully saturated rings. The third-order valence-electron chi connectivity index (χ3n) is 2.26. The van der Waals surface area contributed by atoms with Gasteiger partial charge in [-0.2, -0.15) is 0 Å². The molecule has 0 saturated heterocycles. The van der Waals surface area contributed by atoms with Crippen LogP contribution >= 0.6 is 0 Å². The number of fused-ring (bicyclic) bond motifs is 1. The largest absolute Gasteiger partial charge is 0.357 e. The van der Waals surface area contributed by atoms with Crippen LogP contribution in [-0.4, -0.2) is 9.97 Å².